The lowest BCUT2D eigenvalue weighted by Gasteiger charge is -2.16. The van der Waals surface area contributed by atoms with Crippen molar-refractivity contribution in [1.29, 1.82) is 0 Å². The lowest BCUT2D eigenvalue weighted by Crippen LogP contribution is -2.42. The zero-order valence-electron chi connectivity index (χ0n) is 11.9. The molecule has 0 heterocycles. The number of carbonyl (C=O) groups is 1. The topological polar surface area (TPSA) is 95.5 Å². The van der Waals surface area contributed by atoms with E-state index in [4.69, 9.17) is 0 Å². The van der Waals surface area contributed by atoms with E-state index in [0.717, 1.165) is 5.56 Å². The fraction of sp³-hybridized carbons (Fsp3) is 0.133. The van der Waals surface area contributed by atoms with Crippen molar-refractivity contribution in [2.24, 2.45) is 0 Å². The first-order chi connectivity index (χ1) is 10.4. The Bertz CT molecular complexity index is 743. The van der Waals surface area contributed by atoms with Crippen molar-refractivity contribution in [3.63, 3.8) is 0 Å². The number of hydrazine groups is 1. The van der Waals surface area contributed by atoms with E-state index in [-0.39, 0.29) is 4.90 Å². The molecule has 0 aliphatic heterocycles. The molecule has 1 atom stereocenters. The number of hydrogen-bond donors (Lipinski definition) is 3. The zero-order chi connectivity index (χ0) is 16.2. The van der Waals surface area contributed by atoms with Gasteiger partial charge in [0.2, 0.25) is 0 Å². The molecule has 116 valence electrons. The Hall–Kier alpha value is -2.22. The summed E-state index contributed by atoms with van der Waals surface area (Å²) in [6, 6.07) is 13.4. The summed E-state index contributed by atoms with van der Waals surface area (Å²) < 4.78 is 24.3. The number of hydrogen-bond acceptors (Lipinski definition) is 4. The minimum Gasteiger partial charge on any atom is -0.480 e. The quantitative estimate of drug-likeness (QED) is 0.703. The van der Waals surface area contributed by atoms with Crippen LogP contribution in [0.1, 0.15) is 17.2 Å². The molecule has 1 unspecified atom stereocenters. The Balaban J connectivity index is 2.15. The number of rotatable bonds is 6. The second-order valence-electron chi connectivity index (χ2n) is 4.74. The highest BCUT2D eigenvalue weighted by Crippen LogP contribution is 2.13. The highest BCUT2D eigenvalue weighted by atomic mass is 32.2. The van der Waals surface area contributed by atoms with Gasteiger partial charge in [-0.25, -0.2) is 13.8 Å². The van der Waals surface area contributed by atoms with Gasteiger partial charge in [-0.1, -0.05) is 48.0 Å². The van der Waals surface area contributed by atoms with Crippen molar-refractivity contribution < 1.29 is 18.3 Å². The molecule has 0 amide bonds. The molecule has 0 radical (unpaired) electrons. The summed E-state index contributed by atoms with van der Waals surface area (Å²) in [5.41, 5.74) is 3.73. The van der Waals surface area contributed by atoms with Gasteiger partial charge in [-0.2, -0.15) is 0 Å². The highest BCUT2D eigenvalue weighted by molar-refractivity contribution is 7.89. The molecule has 0 saturated heterocycles. The first-order valence-corrected chi connectivity index (χ1v) is 8.00. The van der Waals surface area contributed by atoms with Gasteiger partial charge in [0.15, 0.2) is 0 Å². The van der Waals surface area contributed by atoms with Crippen molar-refractivity contribution in [1.82, 2.24) is 10.3 Å². The van der Waals surface area contributed by atoms with Gasteiger partial charge >= 0.3 is 5.97 Å². The number of carboxylic acids is 1. The molecule has 7 heteroatoms. The molecule has 2 rings (SSSR count). The van der Waals surface area contributed by atoms with E-state index in [1.807, 2.05) is 6.92 Å². The maximum absolute atomic E-state index is 12.1. The molecular weight excluding hydrogens is 304 g/mol. The molecular formula is C15H16N2O4S. The third-order valence-electron chi connectivity index (χ3n) is 3.05. The molecule has 2 aromatic carbocycles. The van der Waals surface area contributed by atoms with Crippen molar-refractivity contribution in [2.45, 2.75) is 17.9 Å². The molecule has 22 heavy (non-hydrogen) atoms. The average molecular weight is 320 g/mol. The van der Waals surface area contributed by atoms with Gasteiger partial charge in [-0.15, -0.1) is 4.83 Å². The Labute approximate surface area is 128 Å². The number of aryl methyl sites for hydroxylation is 1. The lowest BCUT2D eigenvalue weighted by molar-refractivity contribution is -0.139. The Morgan fingerprint density at radius 2 is 1.64 bits per heavy atom. The zero-order valence-corrected chi connectivity index (χ0v) is 12.7. The number of aliphatic carboxylic acids is 1. The molecule has 2 aromatic rings. The minimum absolute atomic E-state index is 0.0581. The van der Waals surface area contributed by atoms with E-state index in [1.54, 1.807) is 42.5 Å². The predicted octanol–water partition coefficient (Wildman–Crippen LogP) is 1.60. The first-order valence-electron chi connectivity index (χ1n) is 6.52. The summed E-state index contributed by atoms with van der Waals surface area (Å²) in [4.78, 5) is 13.5. The van der Waals surface area contributed by atoms with Crippen LogP contribution in [0, 0.1) is 6.92 Å². The number of carboxylic acid groups (broad SMARTS) is 1. The fourth-order valence-corrected chi connectivity index (χ4v) is 2.73. The SMILES string of the molecule is Cc1ccc(S(=O)(=O)NNC(C(=O)O)c2ccccc2)cc1. The third kappa shape index (κ3) is 3.91. The molecule has 3 N–H and O–H groups in total. The summed E-state index contributed by atoms with van der Waals surface area (Å²) in [7, 11) is -3.84. The van der Waals surface area contributed by atoms with E-state index in [2.05, 4.69) is 10.3 Å². The predicted molar refractivity (Wildman–Crippen MR) is 81.5 cm³/mol. The van der Waals surface area contributed by atoms with E-state index in [9.17, 15) is 18.3 Å². The monoisotopic (exact) mass is 320 g/mol. The van der Waals surface area contributed by atoms with Crippen LogP contribution in [0.25, 0.3) is 0 Å². The Kier molecular flexibility index (Phi) is 4.92. The van der Waals surface area contributed by atoms with Gasteiger partial charge in [0.05, 0.1) is 4.90 Å². The van der Waals surface area contributed by atoms with Gasteiger partial charge in [0.1, 0.15) is 6.04 Å². The number of nitrogens with one attached hydrogen (secondary N) is 2. The number of sulfonamides is 1. The van der Waals surface area contributed by atoms with Gasteiger partial charge in [0, 0.05) is 0 Å². The Morgan fingerprint density at radius 3 is 2.18 bits per heavy atom. The second kappa shape index (κ2) is 6.69. The normalized spacial score (nSPS) is 12.8. The molecule has 0 aliphatic carbocycles. The van der Waals surface area contributed by atoms with Gasteiger partial charge in [-0.05, 0) is 24.6 Å². The van der Waals surface area contributed by atoms with Crippen molar-refractivity contribution >= 4 is 16.0 Å². The van der Waals surface area contributed by atoms with E-state index in [0.29, 0.717) is 5.56 Å². The van der Waals surface area contributed by atoms with E-state index < -0.39 is 22.0 Å². The highest BCUT2D eigenvalue weighted by Gasteiger charge is 2.22. The van der Waals surface area contributed by atoms with Gasteiger partial charge < -0.3 is 5.11 Å². The average Bonchev–Trinajstić information content (AvgIpc) is 2.48. The molecule has 0 aromatic heterocycles. The molecule has 0 saturated carbocycles. The van der Waals surface area contributed by atoms with Crippen LogP contribution < -0.4 is 10.3 Å². The molecule has 0 bridgehead atoms. The smallest absolute Gasteiger partial charge is 0.326 e. The van der Waals surface area contributed by atoms with Crippen molar-refractivity contribution in [3.8, 4) is 0 Å². The third-order valence-corrected chi connectivity index (χ3v) is 4.33. The van der Waals surface area contributed by atoms with Crippen LogP contribution in [-0.2, 0) is 14.8 Å². The van der Waals surface area contributed by atoms with Crippen LogP contribution in [0.3, 0.4) is 0 Å². The van der Waals surface area contributed by atoms with E-state index >= 15 is 0 Å². The molecule has 6 nitrogen and oxygen atoms in total. The minimum atomic E-state index is -3.84. The maximum Gasteiger partial charge on any atom is 0.326 e. The summed E-state index contributed by atoms with van der Waals surface area (Å²) in [5, 5.41) is 9.23. The van der Waals surface area contributed by atoms with Crippen LogP contribution in [0.2, 0.25) is 0 Å². The van der Waals surface area contributed by atoms with Crippen LogP contribution in [0.4, 0.5) is 0 Å². The second-order valence-corrected chi connectivity index (χ2v) is 6.43. The first kappa shape index (κ1) is 16.2. The van der Waals surface area contributed by atoms with Gasteiger partial charge in [0.25, 0.3) is 10.0 Å². The molecule has 0 aliphatic rings. The van der Waals surface area contributed by atoms with Crippen LogP contribution in [0.15, 0.2) is 59.5 Å². The van der Waals surface area contributed by atoms with Crippen LogP contribution >= 0.6 is 0 Å². The van der Waals surface area contributed by atoms with Crippen molar-refractivity contribution in [3.05, 3.63) is 65.7 Å². The van der Waals surface area contributed by atoms with Crippen LogP contribution in [0.5, 0.6) is 0 Å². The molecule has 0 fully saturated rings. The summed E-state index contributed by atoms with van der Waals surface area (Å²) in [5.74, 6) is -1.18. The summed E-state index contributed by atoms with van der Waals surface area (Å²) >= 11 is 0. The summed E-state index contributed by atoms with van der Waals surface area (Å²) in [6.07, 6.45) is 0. The summed E-state index contributed by atoms with van der Waals surface area (Å²) in [6.45, 7) is 1.85. The largest absolute Gasteiger partial charge is 0.480 e. The van der Waals surface area contributed by atoms with Gasteiger partial charge in [-0.3, -0.25) is 4.79 Å². The standard InChI is InChI=1S/C15H16N2O4S/c1-11-7-9-13(10-8-11)22(20,21)17-16-14(15(18)19)12-5-3-2-4-6-12/h2-10,14,16-17H,1H3,(H,18,19). The fourth-order valence-electron chi connectivity index (χ4n) is 1.85. The Morgan fingerprint density at radius 1 is 1.05 bits per heavy atom. The van der Waals surface area contributed by atoms with E-state index in [1.165, 1.54) is 12.1 Å². The maximum atomic E-state index is 12.1. The van der Waals surface area contributed by atoms with Crippen molar-refractivity contribution in [2.75, 3.05) is 0 Å². The van der Waals surface area contributed by atoms with Crippen LogP contribution in [-0.4, -0.2) is 19.5 Å². The molecule has 0 spiro atoms. The lowest BCUT2D eigenvalue weighted by atomic mass is 10.1. The number of benzene rings is 2.